The molecule has 3 aromatic carbocycles. The van der Waals surface area contributed by atoms with Crippen LogP contribution in [0.25, 0.3) is 22.2 Å². The number of hydrogen-bond donors (Lipinski definition) is 2. The molecule has 164 valence electrons. The number of nitrogens with two attached hydrogens (primary N) is 1. The first-order chi connectivity index (χ1) is 16.1. The molecule has 0 fully saturated rings. The molecular weight excluding hydrogens is 414 g/mol. The Morgan fingerprint density at radius 3 is 2.27 bits per heavy atom. The monoisotopic (exact) mass is 437 g/mol. The Morgan fingerprint density at radius 1 is 0.909 bits per heavy atom. The van der Waals surface area contributed by atoms with Crippen LogP contribution in [0.3, 0.4) is 0 Å². The molecular formula is C26H23N5O2. The molecule has 0 unspecified atom stereocenters. The molecule has 0 atom stereocenters. The standard InChI is InChI=1S/C26H23N5O2/c1-33-19-13-11-17(12-14-19)15-28-26(32)22-23-25(30-21-10-6-5-9-20(21)29-23)31(24(22)27)16-18-7-3-2-4-8-18/h2-14H,15-16,27H2,1H3,(H,28,32). The van der Waals surface area contributed by atoms with Crippen LogP contribution in [-0.4, -0.2) is 27.6 Å². The van der Waals surface area contributed by atoms with Crippen LogP contribution in [0.4, 0.5) is 5.82 Å². The van der Waals surface area contributed by atoms with Gasteiger partial charge in [-0.1, -0.05) is 54.6 Å². The van der Waals surface area contributed by atoms with E-state index in [1.807, 2.05) is 83.4 Å². The van der Waals surface area contributed by atoms with Gasteiger partial charge in [-0.2, -0.15) is 0 Å². The molecule has 5 aromatic rings. The van der Waals surface area contributed by atoms with Gasteiger partial charge in [0, 0.05) is 6.54 Å². The van der Waals surface area contributed by atoms with Gasteiger partial charge in [-0.25, -0.2) is 9.97 Å². The summed E-state index contributed by atoms with van der Waals surface area (Å²) in [6.45, 7) is 0.844. The van der Waals surface area contributed by atoms with E-state index in [-0.39, 0.29) is 5.91 Å². The van der Waals surface area contributed by atoms with Crippen molar-refractivity contribution < 1.29 is 9.53 Å². The van der Waals surface area contributed by atoms with Crippen LogP contribution in [0.15, 0.2) is 78.9 Å². The maximum Gasteiger partial charge on any atom is 0.257 e. The Hall–Kier alpha value is -4.39. The summed E-state index contributed by atoms with van der Waals surface area (Å²) in [5.41, 5.74) is 11.4. The number of aromatic nitrogens is 3. The number of fused-ring (bicyclic) bond motifs is 2. The Labute approximate surface area is 190 Å². The zero-order valence-corrected chi connectivity index (χ0v) is 18.2. The van der Waals surface area contributed by atoms with Crippen LogP contribution in [0, 0.1) is 0 Å². The fourth-order valence-electron chi connectivity index (χ4n) is 3.88. The Kier molecular flexibility index (Phi) is 5.36. The van der Waals surface area contributed by atoms with Crippen molar-refractivity contribution in [1.82, 2.24) is 19.9 Å². The van der Waals surface area contributed by atoms with Crippen molar-refractivity contribution >= 4 is 33.9 Å². The van der Waals surface area contributed by atoms with E-state index in [9.17, 15) is 4.79 Å². The first-order valence-electron chi connectivity index (χ1n) is 10.6. The minimum atomic E-state index is -0.287. The summed E-state index contributed by atoms with van der Waals surface area (Å²) in [7, 11) is 1.62. The molecule has 1 amide bonds. The molecule has 7 nitrogen and oxygen atoms in total. The lowest BCUT2D eigenvalue weighted by Gasteiger charge is -2.09. The molecule has 2 aromatic heterocycles. The second-order valence-electron chi connectivity index (χ2n) is 7.75. The third kappa shape index (κ3) is 3.96. The molecule has 2 heterocycles. The summed E-state index contributed by atoms with van der Waals surface area (Å²) in [6.07, 6.45) is 0. The number of benzene rings is 3. The van der Waals surface area contributed by atoms with Crippen molar-refractivity contribution in [2.45, 2.75) is 13.1 Å². The lowest BCUT2D eigenvalue weighted by atomic mass is 10.2. The summed E-state index contributed by atoms with van der Waals surface area (Å²) >= 11 is 0. The lowest BCUT2D eigenvalue weighted by Crippen LogP contribution is -2.24. The number of rotatable bonds is 6. The van der Waals surface area contributed by atoms with Crippen molar-refractivity contribution in [3.05, 3.63) is 95.6 Å². The van der Waals surface area contributed by atoms with Crippen LogP contribution in [0.5, 0.6) is 5.75 Å². The molecule has 0 saturated heterocycles. The van der Waals surface area contributed by atoms with Crippen LogP contribution in [0.1, 0.15) is 21.5 Å². The minimum Gasteiger partial charge on any atom is -0.497 e. The third-order valence-corrected chi connectivity index (χ3v) is 5.61. The first kappa shape index (κ1) is 20.5. The van der Waals surface area contributed by atoms with Gasteiger partial charge in [0.05, 0.1) is 24.7 Å². The smallest absolute Gasteiger partial charge is 0.257 e. The van der Waals surface area contributed by atoms with Crippen molar-refractivity contribution in [2.24, 2.45) is 0 Å². The molecule has 0 radical (unpaired) electrons. The lowest BCUT2D eigenvalue weighted by molar-refractivity contribution is 0.0953. The van der Waals surface area contributed by atoms with E-state index in [0.29, 0.717) is 41.2 Å². The highest BCUT2D eigenvalue weighted by atomic mass is 16.5. The summed E-state index contributed by atoms with van der Waals surface area (Å²) < 4.78 is 7.05. The zero-order valence-electron chi connectivity index (χ0n) is 18.2. The van der Waals surface area contributed by atoms with Crippen molar-refractivity contribution in [2.75, 3.05) is 12.8 Å². The molecule has 3 N–H and O–H groups in total. The third-order valence-electron chi connectivity index (χ3n) is 5.61. The van der Waals surface area contributed by atoms with Gasteiger partial charge >= 0.3 is 0 Å². The van der Waals surface area contributed by atoms with Gasteiger partial charge in [0.15, 0.2) is 5.65 Å². The number of methoxy groups -OCH3 is 1. The maximum atomic E-state index is 13.3. The molecule has 7 heteroatoms. The number of anilines is 1. The summed E-state index contributed by atoms with van der Waals surface area (Å²) in [6, 6.07) is 25.1. The number of nitrogens with one attached hydrogen (secondary N) is 1. The quantitative estimate of drug-likeness (QED) is 0.416. The van der Waals surface area contributed by atoms with Gasteiger partial charge in [0.25, 0.3) is 5.91 Å². The molecule has 33 heavy (non-hydrogen) atoms. The number of nitrogen functional groups attached to an aromatic ring is 1. The predicted molar refractivity (Wildman–Crippen MR) is 129 cm³/mol. The van der Waals surface area contributed by atoms with Crippen LogP contribution in [-0.2, 0) is 13.1 Å². The zero-order chi connectivity index (χ0) is 22.8. The van der Waals surface area contributed by atoms with Crippen LogP contribution < -0.4 is 15.8 Å². The van der Waals surface area contributed by atoms with Gasteiger partial charge in [0.2, 0.25) is 0 Å². The number of nitrogens with zero attached hydrogens (tertiary/aromatic N) is 3. The molecule has 5 rings (SSSR count). The number of carbonyl (C=O) groups excluding carboxylic acids is 1. The minimum absolute atomic E-state index is 0.287. The largest absolute Gasteiger partial charge is 0.497 e. The summed E-state index contributed by atoms with van der Waals surface area (Å²) in [5.74, 6) is 0.821. The van der Waals surface area contributed by atoms with Crippen molar-refractivity contribution in [3.8, 4) is 5.75 Å². The summed E-state index contributed by atoms with van der Waals surface area (Å²) in [4.78, 5) is 22.8. The highest BCUT2D eigenvalue weighted by molar-refractivity contribution is 6.10. The number of ether oxygens (including phenoxy) is 1. The van der Waals surface area contributed by atoms with Gasteiger partial charge in [0.1, 0.15) is 22.6 Å². The number of amides is 1. The van der Waals surface area contributed by atoms with E-state index in [1.54, 1.807) is 7.11 Å². The topological polar surface area (TPSA) is 95.1 Å². The Balaban J connectivity index is 1.55. The van der Waals surface area contributed by atoms with Gasteiger partial charge < -0.3 is 20.4 Å². The Morgan fingerprint density at radius 2 is 1.58 bits per heavy atom. The average molecular weight is 438 g/mol. The summed E-state index contributed by atoms with van der Waals surface area (Å²) in [5, 5.41) is 2.97. The second-order valence-corrected chi connectivity index (χ2v) is 7.75. The molecule has 0 aliphatic rings. The maximum absolute atomic E-state index is 13.3. The van der Waals surface area contributed by atoms with Gasteiger partial charge in [-0.05, 0) is 35.4 Å². The normalized spacial score (nSPS) is 11.1. The van der Waals surface area contributed by atoms with E-state index in [0.717, 1.165) is 22.4 Å². The SMILES string of the molecule is COc1ccc(CNC(=O)c2c(N)n(Cc3ccccc3)c3nc4ccccc4nc23)cc1. The molecule has 0 aliphatic heterocycles. The van der Waals surface area contributed by atoms with E-state index in [2.05, 4.69) is 5.32 Å². The van der Waals surface area contributed by atoms with E-state index in [1.165, 1.54) is 0 Å². The highest BCUT2D eigenvalue weighted by Gasteiger charge is 2.24. The van der Waals surface area contributed by atoms with Crippen LogP contribution >= 0.6 is 0 Å². The molecule has 0 spiro atoms. The number of hydrogen-bond acceptors (Lipinski definition) is 5. The van der Waals surface area contributed by atoms with Crippen molar-refractivity contribution in [3.63, 3.8) is 0 Å². The Bertz CT molecular complexity index is 1440. The fourth-order valence-corrected chi connectivity index (χ4v) is 3.88. The number of carbonyl (C=O) groups is 1. The highest BCUT2D eigenvalue weighted by Crippen LogP contribution is 2.28. The van der Waals surface area contributed by atoms with Crippen LogP contribution in [0.2, 0.25) is 0 Å². The molecule has 0 aliphatic carbocycles. The van der Waals surface area contributed by atoms with Gasteiger partial charge in [-0.3, -0.25) is 4.79 Å². The van der Waals surface area contributed by atoms with E-state index in [4.69, 9.17) is 20.4 Å². The average Bonchev–Trinajstić information content (AvgIpc) is 3.12. The predicted octanol–water partition coefficient (Wildman–Crippen LogP) is 4.15. The fraction of sp³-hybridized carbons (Fsp3) is 0.115. The molecule has 0 saturated carbocycles. The second kappa shape index (κ2) is 8.63. The first-order valence-corrected chi connectivity index (χ1v) is 10.6. The molecule has 0 bridgehead atoms. The van der Waals surface area contributed by atoms with E-state index >= 15 is 0 Å². The van der Waals surface area contributed by atoms with Crippen molar-refractivity contribution in [1.29, 1.82) is 0 Å². The van der Waals surface area contributed by atoms with E-state index < -0.39 is 0 Å². The van der Waals surface area contributed by atoms with Gasteiger partial charge in [-0.15, -0.1) is 0 Å². The number of para-hydroxylation sites is 2.